The number of nitrogens with zero attached hydrogens (tertiary/aromatic N) is 1. The summed E-state index contributed by atoms with van der Waals surface area (Å²) >= 11 is 0. The summed E-state index contributed by atoms with van der Waals surface area (Å²) < 4.78 is 10.3. The number of amidine groups is 1. The number of ether oxygens (including phenoxy) is 2. The molecule has 22 heavy (non-hydrogen) atoms. The second-order valence-corrected chi connectivity index (χ2v) is 4.70. The minimum Gasteiger partial charge on any atom is -0.493 e. The molecule has 1 aliphatic rings. The van der Waals surface area contributed by atoms with Gasteiger partial charge in [0.1, 0.15) is 5.84 Å². The van der Waals surface area contributed by atoms with Gasteiger partial charge in [-0.15, -0.1) is 17.0 Å². The molecule has 2 rings (SSSR count). The summed E-state index contributed by atoms with van der Waals surface area (Å²) in [4.78, 5) is 21.4. The molecule has 1 aliphatic heterocycles. The predicted octanol–water partition coefficient (Wildman–Crippen LogP) is 2.92. The lowest BCUT2D eigenvalue weighted by Crippen LogP contribution is -2.27. The summed E-state index contributed by atoms with van der Waals surface area (Å²) in [5, 5.41) is 0. The van der Waals surface area contributed by atoms with Crippen LogP contribution in [0.5, 0.6) is 11.5 Å². The number of methoxy groups -OCH3 is 2. The monoisotopic (exact) mass is 372 g/mol. The molecule has 0 radical (unpaired) electrons. The van der Waals surface area contributed by atoms with Crippen LogP contribution >= 0.6 is 17.0 Å². The van der Waals surface area contributed by atoms with E-state index in [4.69, 9.17) is 14.3 Å². The summed E-state index contributed by atoms with van der Waals surface area (Å²) in [6, 6.07) is 4.87. The van der Waals surface area contributed by atoms with Crippen LogP contribution in [0, 0.1) is 0 Å². The summed E-state index contributed by atoms with van der Waals surface area (Å²) in [6.45, 7) is 0.774. The van der Waals surface area contributed by atoms with Gasteiger partial charge in [0.05, 0.1) is 19.8 Å². The van der Waals surface area contributed by atoms with Crippen LogP contribution in [-0.4, -0.2) is 32.6 Å². The van der Waals surface area contributed by atoms with Gasteiger partial charge in [0.15, 0.2) is 11.5 Å². The van der Waals surface area contributed by atoms with Gasteiger partial charge in [-0.05, 0) is 31.0 Å². The molecule has 0 atom stereocenters. The van der Waals surface area contributed by atoms with Crippen molar-refractivity contribution in [1.29, 1.82) is 0 Å². The fraction of sp³-hybridized carbons (Fsp3) is 0.467. The Morgan fingerprint density at radius 3 is 2.64 bits per heavy atom. The number of aliphatic imine (C=N–C) groups is 1. The molecule has 1 N–H and O–H groups in total. The van der Waals surface area contributed by atoms with E-state index < -0.39 is 5.97 Å². The van der Waals surface area contributed by atoms with E-state index in [2.05, 4.69) is 10.5 Å². The molecular weight excluding hydrogens is 352 g/mol. The Balaban J connectivity index is 0.00000242. The maximum atomic E-state index is 12.0. The fourth-order valence-corrected chi connectivity index (χ4v) is 2.08. The topological polar surface area (TPSA) is 69.2 Å². The molecular formula is C15H21BrN2O4. The Bertz CT molecular complexity index is 534. The molecule has 0 bridgehead atoms. The van der Waals surface area contributed by atoms with Gasteiger partial charge in [0, 0.05) is 13.0 Å². The van der Waals surface area contributed by atoms with Crippen molar-refractivity contribution in [3.05, 3.63) is 23.8 Å². The first-order valence-corrected chi connectivity index (χ1v) is 6.97. The minimum atomic E-state index is -0.483. The lowest BCUT2D eigenvalue weighted by Gasteiger charge is -2.10. The summed E-state index contributed by atoms with van der Waals surface area (Å²) in [5.74, 6) is 1.29. The average molecular weight is 373 g/mol. The van der Waals surface area contributed by atoms with Crippen LogP contribution in [-0.2, 0) is 4.84 Å². The molecule has 7 heteroatoms. The van der Waals surface area contributed by atoms with Gasteiger partial charge < -0.3 is 14.3 Å². The van der Waals surface area contributed by atoms with Gasteiger partial charge >= 0.3 is 5.97 Å². The van der Waals surface area contributed by atoms with E-state index in [-0.39, 0.29) is 17.0 Å². The van der Waals surface area contributed by atoms with Gasteiger partial charge in [0.2, 0.25) is 0 Å². The normalized spacial score (nSPS) is 14.0. The summed E-state index contributed by atoms with van der Waals surface area (Å²) in [7, 11) is 3.06. The Kier molecular flexibility index (Phi) is 7.73. The van der Waals surface area contributed by atoms with Gasteiger partial charge in [0.25, 0.3) is 0 Å². The van der Waals surface area contributed by atoms with Crippen molar-refractivity contribution in [2.75, 3.05) is 20.8 Å². The quantitative estimate of drug-likeness (QED) is 0.826. The fourth-order valence-electron chi connectivity index (χ4n) is 2.08. The van der Waals surface area contributed by atoms with E-state index in [0.29, 0.717) is 17.1 Å². The number of nitrogens with one attached hydrogen (secondary N) is 1. The largest absolute Gasteiger partial charge is 0.493 e. The summed E-state index contributed by atoms with van der Waals surface area (Å²) in [5.41, 5.74) is 3.04. The van der Waals surface area contributed by atoms with Crippen molar-refractivity contribution in [1.82, 2.24) is 5.48 Å². The minimum absolute atomic E-state index is 0. The Labute approximate surface area is 140 Å². The molecule has 0 saturated carbocycles. The zero-order valence-electron chi connectivity index (χ0n) is 12.8. The van der Waals surface area contributed by atoms with Crippen LogP contribution in [0.3, 0.4) is 0 Å². The van der Waals surface area contributed by atoms with Crippen LogP contribution in [0.1, 0.15) is 36.0 Å². The van der Waals surface area contributed by atoms with Crippen LogP contribution in [0.2, 0.25) is 0 Å². The van der Waals surface area contributed by atoms with E-state index in [1.165, 1.54) is 7.11 Å². The maximum Gasteiger partial charge on any atom is 0.363 e. The molecule has 0 unspecified atom stereocenters. The molecule has 0 aromatic heterocycles. The van der Waals surface area contributed by atoms with Crippen molar-refractivity contribution in [2.45, 2.75) is 25.7 Å². The number of hydrogen-bond donors (Lipinski definition) is 1. The maximum absolute atomic E-state index is 12.0. The number of rotatable bonds is 3. The van der Waals surface area contributed by atoms with Gasteiger partial charge in [-0.2, -0.15) is 0 Å². The Morgan fingerprint density at radius 1 is 1.14 bits per heavy atom. The number of benzene rings is 1. The Morgan fingerprint density at radius 2 is 1.91 bits per heavy atom. The molecule has 1 aromatic rings. The van der Waals surface area contributed by atoms with E-state index in [1.807, 2.05) is 0 Å². The van der Waals surface area contributed by atoms with E-state index >= 15 is 0 Å². The molecule has 0 fully saturated rings. The van der Waals surface area contributed by atoms with E-state index in [0.717, 1.165) is 38.1 Å². The smallest absolute Gasteiger partial charge is 0.363 e. The van der Waals surface area contributed by atoms with Crippen molar-refractivity contribution in [3.63, 3.8) is 0 Å². The summed E-state index contributed by atoms with van der Waals surface area (Å²) in [6.07, 6.45) is 4.09. The third kappa shape index (κ3) is 4.91. The average Bonchev–Trinajstić information content (AvgIpc) is 2.80. The number of hydroxylamine groups is 1. The van der Waals surface area contributed by atoms with E-state index in [1.54, 1.807) is 25.3 Å². The van der Waals surface area contributed by atoms with Crippen LogP contribution in [0.4, 0.5) is 0 Å². The first-order valence-electron chi connectivity index (χ1n) is 6.97. The molecule has 1 aromatic carbocycles. The number of carbonyl (C=O) groups excluding carboxylic acids is 1. The first kappa shape index (κ1) is 18.3. The SMILES string of the molecule is Br.COc1ccc(C(=O)ONC2=NCCCCC2)cc1OC. The van der Waals surface area contributed by atoms with Crippen molar-refractivity contribution in [2.24, 2.45) is 4.99 Å². The van der Waals surface area contributed by atoms with Crippen molar-refractivity contribution in [3.8, 4) is 11.5 Å². The molecule has 6 nitrogen and oxygen atoms in total. The molecule has 0 saturated heterocycles. The van der Waals surface area contributed by atoms with Crippen LogP contribution < -0.4 is 15.0 Å². The van der Waals surface area contributed by atoms with Gasteiger partial charge in [-0.1, -0.05) is 6.42 Å². The third-order valence-electron chi connectivity index (χ3n) is 3.26. The van der Waals surface area contributed by atoms with Gasteiger partial charge in [-0.3, -0.25) is 4.99 Å². The van der Waals surface area contributed by atoms with Crippen LogP contribution in [0.25, 0.3) is 0 Å². The highest BCUT2D eigenvalue weighted by molar-refractivity contribution is 8.93. The lowest BCUT2D eigenvalue weighted by atomic mass is 10.2. The van der Waals surface area contributed by atoms with Crippen molar-refractivity contribution >= 4 is 28.8 Å². The zero-order valence-corrected chi connectivity index (χ0v) is 14.5. The second kappa shape index (κ2) is 9.30. The van der Waals surface area contributed by atoms with Crippen molar-refractivity contribution < 1.29 is 19.1 Å². The molecule has 0 amide bonds. The van der Waals surface area contributed by atoms with Crippen LogP contribution in [0.15, 0.2) is 23.2 Å². The van der Waals surface area contributed by atoms with E-state index in [9.17, 15) is 4.79 Å². The molecule has 0 spiro atoms. The number of carbonyl (C=O) groups is 1. The highest BCUT2D eigenvalue weighted by atomic mass is 79.9. The van der Waals surface area contributed by atoms with Gasteiger partial charge in [-0.25, -0.2) is 10.3 Å². The third-order valence-corrected chi connectivity index (χ3v) is 3.26. The first-order chi connectivity index (χ1) is 10.2. The molecule has 0 aliphatic carbocycles. The number of hydrogen-bond acceptors (Lipinski definition) is 6. The second-order valence-electron chi connectivity index (χ2n) is 4.70. The highest BCUT2D eigenvalue weighted by Crippen LogP contribution is 2.27. The zero-order chi connectivity index (χ0) is 15.1. The lowest BCUT2D eigenvalue weighted by molar-refractivity contribution is 0.0382. The number of halogens is 1. The Hall–Kier alpha value is -1.76. The molecule has 1 heterocycles. The standard InChI is InChI=1S/C15H20N2O4.BrH/c1-19-12-8-7-11(10-13(12)20-2)15(18)21-17-14-6-4-3-5-9-16-14;/h7-8,10H,3-6,9H2,1-2H3,(H,16,17);1H. The molecule has 122 valence electrons. The predicted molar refractivity (Wildman–Crippen MR) is 89.2 cm³/mol. The highest BCUT2D eigenvalue weighted by Gasteiger charge is 2.13.